The van der Waals surface area contributed by atoms with Gasteiger partial charge in [-0.25, -0.2) is 14.8 Å². The summed E-state index contributed by atoms with van der Waals surface area (Å²) in [4.78, 5) is 33.3. The molecule has 0 aliphatic carbocycles. The molecule has 7 heteroatoms. The first-order chi connectivity index (χ1) is 14.8. The minimum absolute atomic E-state index is 0. The van der Waals surface area contributed by atoms with Crippen molar-refractivity contribution < 1.29 is 15.8 Å². The van der Waals surface area contributed by atoms with Gasteiger partial charge in [0.25, 0.3) is 0 Å². The van der Waals surface area contributed by atoms with Crippen molar-refractivity contribution >= 4 is 23.9 Å². The zero-order valence-electron chi connectivity index (χ0n) is 18.6. The van der Waals surface area contributed by atoms with Crippen LogP contribution in [0.15, 0.2) is 83.2 Å². The molecule has 0 saturated carbocycles. The second-order valence-corrected chi connectivity index (χ2v) is 6.39. The minimum atomic E-state index is -0.415. The maximum Gasteiger partial charge on any atom is 0.337 e. The van der Waals surface area contributed by atoms with Crippen molar-refractivity contribution in [3.05, 3.63) is 84.4 Å². The number of methoxy groups -OCH3 is 1. The molecule has 2 rings (SSSR count). The summed E-state index contributed by atoms with van der Waals surface area (Å²) in [5.74, 6) is 0.407. The van der Waals surface area contributed by atoms with Crippen molar-refractivity contribution in [1.29, 1.82) is 0 Å². The molecule has 0 amide bonds. The van der Waals surface area contributed by atoms with Gasteiger partial charge >= 0.3 is 5.97 Å². The van der Waals surface area contributed by atoms with Crippen LogP contribution in [0, 0.1) is 0 Å². The van der Waals surface area contributed by atoms with Crippen LogP contribution < -0.4 is 5.73 Å². The highest BCUT2D eigenvalue weighted by Gasteiger charge is 2.22. The van der Waals surface area contributed by atoms with Gasteiger partial charge in [0, 0.05) is 20.1 Å². The molecule has 7 nitrogen and oxygen atoms in total. The van der Waals surface area contributed by atoms with Crippen LogP contribution in [0.25, 0.3) is 0 Å². The van der Waals surface area contributed by atoms with Gasteiger partial charge in [0.15, 0.2) is 18.0 Å². The molecule has 0 bridgehead atoms. The second kappa shape index (κ2) is 12.1. The van der Waals surface area contributed by atoms with E-state index in [0.29, 0.717) is 41.2 Å². The molecule has 0 saturated heterocycles. The summed E-state index contributed by atoms with van der Waals surface area (Å²) in [6.45, 7) is 15.6. The predicted molar refractivity (Wildman–Crippen MR) is 128 cm³/mol. The molecule has 1 aromatic rings. The fourth-order valence-corrected chi connectivity index (χ4v) is 2.80. The van der Waals surface area contributed by atoms with Crippen molar-refractivity contribution in [2.75, 3.05) is 14.2 Å². The topological polar surface area (TPSA) is 97.3 Å². The van der Waals surface area contributed by atoms with Crippen molar-refractivity contribution in [3.8, 4) is 0 Å². The van der Waals surface area contributed by atoms with Crippen molar-refractivity contribution in [2.24, 2.45) is 15.7 Å². The van der Waals surface area contributed by atoms with Crippen LogP contribution in [-0.4, -0.2) is 43.0 Å². The number of carbonyl (C=O) groups is 2. The third-order valence-corrected chi connectivity index (χ3v) is 4.45. The molecule has 0 radical (unpaired) electrons. The summed E-state index contributed by atoms with van der Waals surface area (Å²) in [7, 11) is 3.02. The van der Waals surface area contributed by atoms with Crippen LogP contribution in [0.3, 0.4) is 0 Å². The molecule has 166 valence electrons. The van der Waals surface area contributed by atoms with Gasteiger partial charge < -0.3 is 15.4 Å². The van der Waals surface area contributed by atoms with Crippen molar-refractivity contribution in [1.82, 2.24) is 4.90 Å². The third kappa shape index (κ3) is 6.37. The number of aliphatic imine (C=N–C) groups is 2. The van der Waals surface area contributed by atoms with Crippen LogP contribution in [0.5, 0.6) is 0 Å². The molecule has 1 aromatic carbocycles. The molecule has 1 heterocycles. The summed E-state index contributed by atoms with van der Waals surface area (Å²) < 4.78 is 4.72. The molecule has 0 fully saturated rings. The lowest BCUT2D eigenvalue weighted by molar-refractivity contribution is -0.103. The van der Waals surface area contributed by atoms with Gasteiger partial charge in [-0.1, -0.05) is 51.8 Å². The van der Waals surface area contributed by atoms with E-state index in [0.717, 1.165) is 5.56 Å². The zero-order chi connectivity index (χ0) is 23.6. The van der Waals surface area contributed by atoms with Crippen molar-refractivity contribution in [2.45, 2.75) is 26.2 Å². The molecule has 1 aliphatic heterocycles. The first-order valence-corrected chi connectivity index (χ1v) is 9.82. The van der Waals surface area contributed by atoms with E-state index in [1.54, 1.807) is 48.4 Å². The lowest BCUT2D eigenvalue weighted by Gasteiger charge is -2.24. The van der Waals surface area contributed by atoms with Gasteiger partial charge in [-0.3, -0.25) is 4.79 Å². The molecule has 2 N–H and O–H groups in total. The zero-order valence-corrected chi connectivity index (χ0v) is 18.6. The molecule has 0 unspecified atom stereocenters. The summed E-state index contributed by atoms with van der Waals surface area (Å²) in [5.41, 5.74) is 8.37. The SMILES string of the molecule is C=C/C=C1/N=C(C(=C)C[C@@H](C(=C)N)c2ccc(C(=O)OC)cc2)N=C(C=O)N1C.CC.[HH]. The van der Waals surface area contributed by atoms with Gasteiger partial charge in [-0.15, -0.1) is 0 Å². The van der Waals surface area contributed by atoms with E-state index in [9.17, 15) is 9.59 Å². The van der Waals surface area contributed by atoms with Gasteiger partial charge in [0.2, 0.25) is 0 Å². The number of carbonyl (C=O) groups excluding carboxylic acids is 2. The third-order valence-electron chi connectivity index (χ3n) is 4.45. The van der Waals surface area contributed by atoms with E-state index >= 15 is 0 Å². The maximum atomic E-state index is 11.6. The van der Waals surface area contributed by atoms with E-state index in [4.69, 9.17) is 10.5 Å². The number of benzene rings is 1. The maximum absolute atomic E-state index is 11.6. The van der Waals surface area contributed by atoms with E-state index < -0.39 is 5.97 Å². The Labute approximate surface area is 185 Å². The Hall–Kier alpha value is -3.74. The normalized spacial score (nSPS) is 15.0. The average Bonchev–Trinajstić information content (AvgIpc) is 2.79. The summed E-state index contributed by atoms with van der Waals surface area (Å²) in [6.07, 6.45) is 4.31. The number of hydrogen-bond acceptors (Lipinski definition) is 7. The molecule has 1 atom stereocenters. The van der Waals surface area contributed by atoms with Crippen LogP contribution >= 0.6 is 0 Å². The van der Waals surface area contributed by atoms with Gasteiger partial charge in [0.1, 0.15) is 5.82 Å². The van der Waals surface area contributed by atoms with Crippen LogP contribution in [-0.2, 0) is 9.53 Å². The highest BCUT2D eigenvalue weighted by molar-refractivity contribution is 6.31. The Bertz CT molecular complexity index is 946. The number of allylic oxidation sites excluding steroid dienone is 3. The van der Waals surface area contributed by atoms with E-state index in [1.165, 1.54) is 7.11 Å². The van der Waals surface area contributed by atoms with E-state index in [2.05, 4.69) is 29.7 Å². The summed E-state index contributed by atoms with van der Waals surface area (Å²) >= 11 is 0. The highest BCUT2D eigenvalue weighted by atomic mass is 16.5. The standard InChI is InChI=1S/C22H24N4O3.C2H6.H2/c1-6-7-19-24-21(25-20(13-27)26(19)4)14(2)12-18(15(3)23)16-8-10-17(11-9-16)22(28)29-5;1-2;/h6-11,13,18H,1-3,12,23H2,4-5H3;1-2H3;1H/b19-7-;;/t18-;;/m0../s1. The number of likely N-dealkylation sites (N-methyl/N-ethyl adjacent to an activating group) is 1. The number of aldehydes is 1. The number of nitrogens with two attached hydrogens (primary N) is 1. The minimum Gasteiger partial charge on any atom is -0.465 e. The Morgan fingerprint density at radius 3 is 2.35 bits per heavy atom. The Kier molecular flexibility index (Phi) is 9.85. The number of amidine groups is 2. The van der Waals surface area contributed by atoms with Crippen LogP contribution in [0.1, 0.15) is 43.5 Å². The summed E-state index contributed by atoms with van der Waals surface area (Å²) in [5, 5.41) is 0. The van der Waals surface area contributed by atoms with Gasteiger partial charge in [-0.05, 0) is 35.8 Å². The number of nitrogens with zero attached hydrogens (tertiary/aromatic N) is 3. The largest absolute Gasteiger partial charge is 0.465 e. The Morgan fingerprint density at radius 1 is 1.26 bits per heavy atom. The molecular formula is C24H32N4O3. The molecule has 0 spiro atoms. The molecule has 0 aromatic heterocycles. The number of rotatable bonds is 8. The molecule has 1 aliphatic rings. The average molecular weight is 425 g/mol. The van der Waals surface area contributed by atoms with Gasteiger partial charge in [-0.2, -0.15) is 0 Å². The number of ether oxygens (including phenoxy) is 1. The number of esters is 1. The van der Waals surface area contributed by atoms with E-state index in [1.807, 2.05) is 13.8 Å². The monoisotopic (exact) mass is 424 g/mol. The first kappa shape index (κ1) is 25.3. The smallest absolute Gasteiger partial charge is 0.337 e. The number of hydrogen-bond donors (Lipinski definition) is 1. The molecular weight excluding hydrogens is 392 g/mol. The Morgan fingerprint density at radius 2 is 1.87 bits per heavy atom. The van der Waals surface area contributed by atoms with Crippen LogP contribution in [0.2, 0.25) is 0 Å². The quantitative estimate of drug-likeness (QED) is 0.498. The molecule has 31 heavy (non-hydrogen) atoms. The highest BCUT2D eigenvalue weighted by Crippen LogP contribution is 2.29. The lowest BCUT2D eigenvalue weighted by atomic mass is 9.89. The lowest BCUT2D eigenvalue weighted by Crippen LogP contribution is -2.31. The van der Waals surface area contributed by atoms with Gasteiger partial charge in [0.05, 0.1) is 12.7 Å². The van der Waals surface area contributed by atoms with Crippen LogP contribution in [0.4, 0.5) is 0 Å². The first-order valence-electron chi connectivity index (χ1n) is 9.82. The van der Waals surface area contributed by atoms with E-state index in [-0.39, 0.29) is 13.2 Å². The fourth-order valence-electron chi connectivity index (χ4n) is 2.80. The Balaban J connectivity index is 0.00000311. The summed E-state index contributed by atoms with van der Waals surface area (Å²) in [6, 6.07) is 6.92. The predicted octanol–water partition coefficient (Wildman–Crippen LogP) is 4.22. The second-order valence-electron chi connectivity index (χ2n) is 6.39. The fraction of sp³-hybridized carbons (Fsp3) is 0.250. The van der Waals surface area contributed by atoms with Crippen molar-refractivity contribution in [3.63, 3.8) is 0 Å².